The van der Waals surface area contributed by atoms with Gasteiger partial charge in [-0.2, -0.15) is 0 Å². The molecule has 14 heavy (non-hydrogen) atoms. The highest BCUT2D eigenvalue weighted by Gasteiger charge is 2.26. The molecule has 0 spiro atoms. The lowest BCUT2D eigenvalue weighted by Crippen LogP contribution is -2.29. The lowest BCUT2D eigenvalue weighted by molar-refractivity contribution is 0.0958. The van der Waals surface area contributed by atoms with Gasteiger partial charge in [0.2, 0.25) is 0 Å². The predicted octanol–water partition coefficient (Wildman–Crippen LogP) is 0.792. The van der Waals surface area contributed by atoms with Gasteiger partial charge >= 0.3 is 0 Å². The van der Waals surface area contributed by atoms with Crippen LogP contribution in [0.1, 0.15) is 15.9 Å². The molecule has 2 heterocycles. The maximum absolute atomic E-state index is 11.7. The Morgan fingerprint density at radius 1 is 1.29 bits per heavy atom. The number of para-hydroxylation sites is 1. The number of amides is 1. The number of anilines is 1. The molecule has 2 aliphatic heterocycles. The largest absolute Gasteiger partial charge is 0.369 e. The molecular weight excluding hydrogens is 176 g/mol. The van der Waals surface area contributed by atoms with Crippen LogP contribution in [0.5, 0.6) is 0 Å². The molecule has 0 unspecified atom stereocenters. The molecule has 3 heteroatoms. The van der Waals surface area contributed by atoms with E-state index in [0.29, 0.717) is 0 Å². The van der Waals surface area contributed by atoms with Gasteiger partial charge in [0, 0.05) is 19.6 Å². The summed E-state index contributed by atoms with van der Waals surface area (Å²) in [5, 5.41) is 2.91. The molecule has 3 nitrogen and oxygen atoms in total. The van der Waals surface area contributed by atoms with Crippen molar-refractivity contribution in [2.24, 2.45) is 0 Å². The molecule has 1 aromatic carbocycles. The average Bonchev–Trinajstić information content (AvgIpc) is 2.53. The summed E-state index contributed by atoms with van der Waals surface area (Å²) >= 11 is 0. The summed E-state index contributed by atoms with van der Waals surface area (Å²) in [6.45, 7) is 2.75. The van der Waals surface area contributed by atoms with Crippen LogP contribution in [0.3, 0.4) is 0 Å². The van der Waals surface area contributed by atoms with E-state index >= 15 is 0 Å². The van der Waals surface area contributed by atoms with Gasteiger partial charge in [0.1, 0.15) is 0 Å². The van der Waals surface area contributed by atoms with Crippen molar-refractivity contribution in [3.8, 4) is 0 Å². The number of carbonyl (C=O) groups is 1. The Labute approximate surface area is 82.7 Å². The zero-order valence-electron chi connectivity index (χ0n) is 7.92. The van der Waals surface area contributed by atoms with Crippen LogP contribution in [0.15, 0.2) is 18.2 Å². The van der Waals surface area contributed by atoms with Gasteiger partial charge in [-0.15, -0.1) is 0 Å². The summed E-state index contributed by atoms with van der Waals surface area (Å²) in [6, 6.07) is 6.01. The SMILES string of the molecule is O=C1NCCN2CCc3cccc1c32. The summed E-state index contributed by atoms with van der Waals surface area (Å²) in [6.07, 6.45) is 1.08. The van der Waals surface area contributed by atoms with E-state index in [1.165, 1.54) is 11.3 Å². The Morgan fingerprint density at radius 2 is 2.21 bits per heavy atom. The fourth-order valence-corrected chi connectivity index (χ4v) is 2.34. The van der Waals surface area contributed by atoms with Crippen LogP contribution in [0, 0.1) is 0 Å². The molecule has 0 fully saturated rings. The van der Waals surface area contributed by atoms with Crippen molar-refractivity contribution in [3.05, 3.63) is 29.3 Å². The van der Waals surface area contributed by atoms with Crippen molar-refractivity contribution in [1.82, 2.24) is 5.32 Å². The van der Waals surface area contributed by atoms with Gasteiger partial charge in [0.05, 0.1) is 11.3 Å². The standard InChI is InChI=1S/C11H12N2O/c14-11-9-3-1-2-8-4-6-13(10(8)9)7-5-12-11/h1-3H,4-7H2,(H,12,14). The van der Waals surface area contributed by atoms with E-state index in [0.717, 1.165) is 31.6 Å². The zero-order valence-corrected chi connectivity index (χ0v) is 7.92. The third-order valence-corrected chi connectivity index (χ3v) is 3.00. The third-order valence-electron chi connectivity index (χ3n) is 3.00. The van der Waals surface area contributed by atoms with Gasteiger partial charge in [0.25, 0.3) is 5.91 Å². The van der Waals surface area contributed by atoms with E-state index in [-0.39, 0.29) is 5.91 Å². The Morgan fingerprint density at radius 3 is 3.14 bits per heavy atom. The number of hydrogen-bond acceptors (Lipinski definition) is 2. The summed E-state index contributed by atoms with van der Waals surface area (Å²) in [7, 11) is 0. The summed E-state index contributed by atoms with van der Waals surface area (Å²) in [5.74, 6) is 0.0752. The second-order valence-electron chi connectivity index (χ2n) is 3.81. The highest BCUT2D eigenvalue weighted by molar-refractivity contribution is 6.01. The minimum absolute atomic E-state index is 0.0752. The van der Waals surface area contributed by atoms with E-state index in [1.807, 2.05) is 12.1 Å². The molecule has 1 amide bonds. The second-order valence-corrected chi connectivity index (χ2v) is 3.81. The number of carbonyl (C=O) groups excluding carboxylic acids is 1. The van der Waals surface area contributed by atoms with Gasteiger partial charge in [-0.3, -0.25) is 4.79 Å². The number of benzene rings is 1. The fourth-order valence-electron chi connectivity index (χ4n) is 2.34. The highest BCUT2D eigenvalue weighted by Crippen LogP contribution is 2.32. The van der Waals surface area contributed by atoms with Crippen molar-refractivity contribution >= 4 is 11.6 Å². The maximum atomic E-state index is 11.7. The highest BCUT2D eigenvalue weighted by atomic mass is 16.1. The quantitative estimate of drug-likeness (QED) is 0.653. The van der Waals surface area contributed by atoms with E-state index in [9.17, 15) is 4.79 Å². The lowest BCUT2D eigenvalue weighted by Gasteiger charge is -2.17. The van der Waals surface area contributed by atoms with Gasteiger partial charge in [-0.05, 0) is 18.1 Å². The molecule has 2 aliphatic rings. The van der Waals surface area contributed by atoms with Gasteiger partial charge in [0.15, 0.2) is 0 Å². The normalized spacial score (nSPS) is 18.9. The van der Waals surface area contributed by atoms with Crippen LogP contribution in [0.4, 0.5) is 5.69 Å². The molecule has 0 aromatic heterocycles. The molecule has 0 bridgehead atoms. The molecule has 0 aliphatic carbocycles. The molecule has 0 radical (unpaired) electrons. The zero-order chi connectivity index (χ0) is 9.54. The molecule has 0 saturated heterocycles. The Kier molecular flexibility index (Phi) is 1.54. The molecular formula is C11H12N2O. The lowest BCUT2D eigenvalue weighted by atomic mass is 10.1. The predicted molar refractivity (Wildman–Crippen MR) is 54.7 cm³/mol. The number of nitrogens with zero attached hydrogens (tertiary/aromatic N) is 1. The Bertz CT molecular complexity index is 400. The molecule has 3 rings (SSSR count). The van der Waals surface area contributed by atoms with Crippen LogP contribution in [0.2, 0.25) is 0 Å². The van der Waals surface area contributed by atoms with Crippen LogP contribution >= 0.6 is 0 Å². The van der Waals surface area contributed by atoms with Gasteiger partial charge < -0.3 is 10.2 Å². The van der Waals surface area contributed by atoms with E-state index in [4.69, 9.17) is 0 Å². The smallest absolute Gasteiger partial charge is 0.253 e. The minimum Gasteiger partial charge on any atom is -0.369 e. The molecule has 0 atom stereocenters. The molecule has 1 aromatic rings. The Balaban J connectivity index is 2.23. The number of hydrogen-bond donors (Lipinski definition) is 1. The number of rotatable bonds is 0. The molecule has 72 valence electrons. The topological polar surface area (TPSA) is 32.3 Å². The van der Waals surface area contributed by atoms with E-state index < -0.39 is 0 Å². The van der Waals surface area contributed by atoms with E-state index in [2.05, 4.69) is 16.3 Å². The summed E-state index contributed by atoms with van der Waals surface area (Å²) in [5.41, 5.74) is 3.33. The average molecular weight is 188 g/mol. The van der Waals surface area contributed by atoms with Gasteiger partial charge in [-0.25, -0.2) is 0 Å². The molecule has 1 N–H and O–H groups in total. The fraction of sp³-hybridized carbons (Fsp3) is 0.364. The molecule has 0 saturated carbocycles. The first-order chi connectivity index (χ1) is 6.86. The third kappa shape index (κ3) is 0.953. The van der Waals surface area contributed by atoms with Crippen molar-refractivity contribution < 1.29 is 4.79 Å². The van der Waals surface area contributed by atoms with Crippen LogP contribution in [-0.4, -0.2) is 25.5 Å². The van der Waals surface area contributed by atoms with E-state index in [1.54, 1.807) is 0 Å². The van der Waals surface area contributed by atoms with Gasteiger partial charge in [-0.1, -0.05) is 12.1 Å². The van der Waals surface area contributed by atoms with Crippen molar-refractivity contribution in [2.75, 3.05) is 24.5 Å². The minimum atomic E-state index is 0.0752. The first kappa shape index (κ1) is 7.85. The first-order valence-corrected chi connectivity index (χ1v) is 5.01. The monoisotopic (exact) mass is 188 g/mol. The number of nitrogens with one attached hydrogen (secondary N) is 1. The van der Waals surface area contributed by atoms with Crippen LogP contribution < -0.4 is 10.2 Å². The first-order valence-electron chi connectivity index (χ1n) is 5.01. The Hall–Kier alpha value is -1.51. The van der Waals surface area contributed by atoms with Crippen LogP contribution in [0.25, 0.3) is 0 Å². The maximum Gasteiger partial charge on any atom is 0.253 e. The second kappa shape index (κ2) is 2.74. The summed E-state index contributed by atoms with van der Waals surface area (Å²) in [4.78, 5) is 14.0. The van der Waals surface area contributed by atoms with Crippen LogP contribution in [-0.2, 0) is 6.42 Å². The summed E-state index contributed by atoms with van der Waals surface area (Å²) < 4.78 is 0. The van der Waals surface area contributed by atoms with Crippen molar-refractivity contribution in [1.29, 1.82) is 0 Å². The van der Waals surface area contributed by atoms with Crippen molar-refractivity contribution in [2.45, 2.75) is 6.42 Å². The van der Waals surface area contributed by atoms with Crippen molar-refractivity contribution in [3.63, 3.8) is 0 Å².